The Kier molecular flexibility index (Phi) is 6.10. The number of hydrogen-bond donors (Lipinski definition) is 1. The summed E-state index contributed by atoms with van der Waals surface area (Å²) in [6.07, 6.45) is 0.163. The largest absolute Gasteiger partial charge is 0.481 e. The Morgan fingerprint density at radius 1 is 1.14 bits per heavy atom. The van der Waals surface area contributed by atoms with Crippen LogP contribution >= 0.6 is 23.2 Å². The van der Waals surface area contributed by atoms with Crippen LogP contribution in [0, 0.1) is 0 Å². The summed E-state index contributed by atoms with van der Waals surface area (Å²) in [5.41, 5.74) is 1.12. The van der Waals surface area contributed by atoms with Crippen LogP contribution in [0.4, 0.5) is 0 Å². The van der Waals surface area contributed by atoms with Crippen molar-refractivity contribution in [2.24, 2.45) is 0 Å². The first-order valence-corrected chi connectivity index (χ1v) is 7.74. The van der Waals surface area contributed by atoms with Crippen LogP contribution in [-0.4, -0.2) is 18.6 Å². The van der Waals surface area contributed by atoms with Crippen molar-refractivity contribution in [2.45, 2.75) is 19.4 Å². The first kappa shape index (κ1) is 16.7. The molecule has 0 aliphatic rings. The molecule has 1 unspecified atom stereocenters. The molecule has 0 heterocycles. The van der Waals surface area contributed by atoms with E-state index in [0.29, 0.717) is 22.3 Å². The average Bonchev–Trinajstić information content (AvgIpc) is 2.49. The number of carbonyl (C=O) groups is 1. The molecule has 0 aromatic heterocycles. The van der Waals surface area contributed by atoms with E-state index in [1.165, 1.54) is 0 Å². The minimum Gasteiger partial charge on any atom is -0.481 e. The number of hydrogen-bond acceptors (Lipinski definition) is 2. The van der Waals surface area contributed by atoms with Crippen molar-refractivity contribution in [1.82, 2.24) is 5.32 Å². The van der Waals surface area contributed by atoms with E-state index in [1.807, 2.05) is 24.3 Å². The van der Waals surface area contributed by atoms with Gasteiger partial charge in [-0.05, 0) is 49.2 Å². The van der Waals surface area contributed by atoms with Crippen molar-refractivity contribution in [1.29, 1.82) is 0 Å². The molecule has 1 atom stereocenters. The highest BCUT2D eigenvalue weighted by atomic mass is 35.5. The van der Waals surface area contributed by atoms with Crippen LogP contribution in [0.25, 0.3) is 0 Å². The number of benzene rings is 2. The lowest BCUT2D eigenvalue weighted by Gasteiger charge is -2.15. The summed E-state index contributed by atoms with van der Waals surface area (Å²) in [6, 6.07) is 14.5. The van der Waals surface area contributed by atoms with Crippen LogP contribution < -0.4 is 10.1 Å². The van der Waals surface area contributed by atoms with Crippen LogP contribution in [-0.2, 0) is 11.2 Å². The molecule has 3 nitrogen and oxygen atoms in total. The summed E-state index contributed by atoms with van der Waals surface area (Å²) >= 11 is 11.7. The van der Waals surface area contributed by atoms with Gasteiger partial charge in [-0.2, -0.15) is 0 Å². The molecule has 0 aliphatic carbocycles. The molecule has 116 valence electrons. The zero-order chi connectivity index (χ0) is 15.9. The molecule has 2 aromatic rings. The Bertz CT molecular complexity index is 629. The first-order valence-electron chi connectivity index (χ1n) is 6.99. The van der Waals surface area contributed by atoms with Crippen molar-refractivity contribution in [3.63, 3.8) is 0 Å². The van der Waals surface area contributed by atoms with Crippen molar-refractivity contribution >= 4 is 29.1 Å². The quantitative estimate of drug-likeness (QED) is 0.860. The standard InChI is InChI=1S/C17H17Cl2NO2/c1-12(22-16-4-2-3-15(19)11-16)17(21)20-10-9-13-5-7-14(18)8-6-13/h2-8,11-12H,9-10H2,1H3,(H,20,21). The number of amides is 1. The summed E-state index contributed by atoms with van der Waals surface area (Å²) in [5.74, 6) is 0.418. The molecule has 2 rings (SSSR count). The van der Waals surface area contributed by atoms with Gasteiger partial charge in [0.05, 0.1) is 0 Å². The third-order valence-corrected chi connectivity index (χ3v) is 3.59. The zero-order valence-electron chi connectivity index (χ0n) is 12.2. The summed E-state index contributed by atoms with van der Waals surface area (Å²) in [4.78, 5) is 12.0. The molecule has 1 amide bonds. The van der Waals surface area contributed by atoms with Crippen molar-refractivity contribution < 1.29 is 9.53 Å². The number of rotatable bonds is 6. The second-order valence-corrected chi connectivity index (χ2v) is 5.76. The van der Waals surface area contributed by atoms with Crippen LogP contribution in [0.1, 0.15) is 12.5 Å². The summed E-state index contributed by atoms with van der Waals surface area (Å²) in [7, 11) is 0. The maximum absolute atomic E-state index is 12.0. The maximum Gasteiger partial charge on any atom is 0.260 e. The SMILES string of the molecule is CC(Oc1cccc(Cl)c1)C(=O)NCCc1ccc(Cl)cc1. The van der Waals surface area contributed by atoms with Gasteiger partial charge in [0.1, 0.15) is 5.75 Å². The molecule has 0 spiro atoms. The molecule has 0 saturated heterocycles. The third-order valence-electron chi connectivity index (χ3n) is 3.10. The van der Waals surface area contributed by atoms with Crippen LogP contribution in [0.2, 0.25) is 10.0 Å². The van der Waals surface area contributed by atoms with Crippen molar-refractivity contribution in [3.8, 4) is 5.75 Å². The fourth-order valence-electron chi connectivity index (χ4n) is 1.92. The Morgan fingerprint density at radius 3 is 2.55 bits per heavy atom. The van der Waals surface area contributed by atoms with Gasteiger partial charge in [0, 0.05) is 16.6 Å². The van der Waals surface area contributed by atoms with Gasteiger partial charge in [0.2, 0.25) is 0 Å². The highest BCUT2D eigenvalue weighted by Gasteiger charge is 2.14. The first-order chi connectivity index (χ1) is 10.5. The summed E-state index contributed by atoms with van der Waals surface area (Å²) in [5, 5.41) is 4.13. The minimum atomic E-state index is -0.580. The minimum absolute atomic E-state index is 0.158. The topological polar surface area (TPSA) is 38.3 Å². The van der Waals surface area contributed by atoms with Crippen LogP contribution in [0.3, 0.4) is 0 Å². The van der Waals surface area contributed by atoms with Gasteiger partial charge in [-0.3, -0.25) is 4.79 Å². The number of carbonyl (C=O) groups excluding carboxylic acids is 1. The Hall–Kier alpha value is -1.71. The molecule has 0 saturated carbocycles. The fraction of sp³-hybridized carbons (Fsp3) is 0.235. The molecule has 0 radical (unpaired) electrons. The van der Waals surface area contributed by atoms with Gasteiger partial charge < -0.3 is 10.1 Å². The molecule has 1 N–H and O–H groups in total. The normalized spacial score (nSPS) is 11.8. The Balaban J connectivity index is 1.77. The smallest absolute Gasteiger partial charge is 0.260 e. The molecule has 0 bridgehead atoms. The van der Waals surface area contributed by atoms with E-state index in [-0.39, 0.29) is 5.91 Å². The third kappa shape index (κ3) is 5.24. The average molecular weight is 338 g/mol. The lowest BCUT2D eigenvalue weighted by molar-refractivity contribution is -0.127. The maximum atomic E-state index is 12.0. The number of ether oxygens (including phenoxy) is 1. The monoisotopic (exact) mass is 337 g/mol. The summed E-state index contributed by atoms with van der Waals surface area (Å²) in [6.45, 7) is 2.25. The molecule has 2 aromatic carbocycles. The second kappa shape index (κ2) is 8.06. The molecule has 5 heteroatoms. The van der Waals surface area contributed by atoms with Gasteiger partial charge in [0.25, 0.3) is 5.91 Å². The van der Waals surface area contributed by atoms with E-state index in [4.69, 9.17) is 27.9 Å². The highest BCUT2D eigenvalue weighted by Crippen LogP contribution is 2.18. The van der Waals surface area contributed by atoms with E-state index in [0.717, 1.165) is 12.0 Å². The second-order valence-electron chi connectivity index (χ2n) is 4.88. The van der Waals surface area contributed by atoms with Crippen molar-refractivity contribution in [3.05, 3.63) is 64.1 Å². The Morgan fingerprint density at radius 2 is 1.86 bits per heavy atom. The van der Waals surface area contributed by atoms with E-state index < -0.39 is 6.10 Å². The van der Waals surface area contributed by atoms with Crippen LogP contribution in [0.5, 0.6) is 5.75 Å². The molecule has 0 fully saturated rings. The van der Waals surface area contributed by atoms with Crippen molar-refractivity contribution in [2.75, 3.05) is 6.54 Å². The Labute approximate surface area is 140 Å². The van der Waals surface area contributed by atoms with Gasteiger partial charge in [0.15, 0.2) is 6.10 Å². The predicted octanol–water partition coefficient (Wildman–Crippen LogP) is 4.12. The van der Waals surface area contributed by atoms with Gasteiger partial charge in [-0.25, -0.2) is 0 Å². The molecule has 22 heavy (non-hydrogen) atoms. The van der Waals surface area contributed by atoms with E-state index in [9.17, 15) is 4.79 Å². The lowest BCUT2D eigenvalue weighted by atomic mass is 10.1. The van der Waals surface area contributed by atoms with Gasteiger partial charge in [-0.1, -0.05) is 41.4 Å². The van der Waals surface area contributed by atoms with E-state index >= 15 is 0 Å². The van der Waals surface area contributed by atoms with Crippen LogP contribution in [0.15, 0.2) is 48.5 Å². The molecular weight excluding hydrogens is 321 g/mol. The zero-order valence-corrected chi connectivity index (χ0v) is 13.7. The lowest BCUT2D eigenvalue weighted by Crippen LogP contribution is -2.37. The van der Waals surface area contributed by atoms with Gasteiger partial charge >= 0.3 is 0 Å². The summed E-state index contributed by atoms with van der Waals surface area (Å²) < 4.78 is 5.56. The predicted molar refractivity (Wildman–Crippen MR) is 89.7 cm³/mol. The van der Waals surface area contributed by atoms with E-state index in [2.05, 4.69) is 5.32 Å². The molecular formula is C17H17Cl2NO2. The number of halogens is 2. The van der Waals surface area contributed by atoms with Gasteiger partial charge in [-0.15, -0.1) is 0 Å². The highest BCUT2D eigenvalue weighted by molar-refractivity contribution is 6.30. The number of nitrogens with one attached hydrogen (secondary N) is 1. The van der Waals surface area contributed by atoms with E-state index in [1.54, 1.807) is 31.2 Å². The fourth-order valence-corrected chi connectivity index (χ4v) is 2.23. The molecule has 0 aliphatic heterocycles.